The van der Waals surface area contributed by atoms with Gasteiger partial charge in [0, 0.05) is 30.4 Å². The Bertz CT molecular complexity index is 533. The van der Waals surface area contributed by atoms with Gasteiger partial charge in [-0.15, -0.1) is 0 Å². The van der Waals surface area contributed by atoms with Crippen LogP contribution < -0.4 is 5.32 Å². The maximum Gasteiger partial charge on any atom is 0.161 e. The molecular formula is C16H24N4O. The van der Waals surface area contributed by atoms with Crippen molar-refractivity contribution in [1.29, 1.82) is 0 Å². The van der Waals surface area contributed by atoms with Crippen LogP contribution >= 0.6 is 0 Å². The minimum absolute atomic E-state index is 0.0441. The third-order valence-electron chi connectivity index (χ3n) is 4.97. The molecule has 0 bridgehead atoms. The number of nitrogens with one attached hydrogen (secondary N) is 1. The van der Waals surface area contributed by atoms with Crippen LogP contribution in [0.3, 0.4) is 0 Å². The highest BCUT2D eigenvalue weighted by molar-refractivity contribution is 5.49. The van der Waals surface area contributed by atoms with Crippen molar-refractivity contribution in [2.75, 3.05) is 31.6 Å². The Balaban J connectivity index is 1.61. The van der Waals surface area contributed by atoms with Crippen molar-refractivity contribution in [3.63, 3.8) is 0 Å². The number of aromatic nitrogens is 2. The van der Waals surface area contributed by atoms with E-state index in [2.05, 4.69) is 17.1 Å². The standard InChI is InChI=1S/C16H24N4O/c1-2-17-15-12-6-3-7-13(12)18-16(19-15)14-9-20-8-4-5-11(20)10-21-14/h11,14H,2-10H2,1H3,(H,17,18,19). The van der Waals surface area contributed by atoms with E-state index in [0.717, 1.165) is 44.2 Å². The summed E-state index contributed by atoms with van der Waals surface area (Å²) in [6.45, 7) is 6.02. The first-order chi connectivity index (χ1) is 10.3. The fourth-order valence-corrected chi connectivity index (χ4v) is 3.88. The molecule has 1 N–H and O–H groups in total. The maximum atomic E-state index is 6.08. The third-order valence-corrected chi connectivity index (χ3v) is 4.97. The summed E-state index contributed by atoms with van der Waals surface area (Å²) in [6, 6.07) is 0.629. The lowest BCUT2D eigenvalue weighted by Crippen LogP contribution is -2.43. The smallest absolute Gasteiger partial charge is 0.161 e. The number of nitrogens with zero attached hydrogens (tertiary/aromatic N) is 3. The number of rotatable bonds is 3. The van der Waals surface area contributed by atoms with Crippen LogP contribution in [0.2, 0.25) is 0 Å². The van der Waals surface area contributed by atoms with Crippen molar-refractivity contribution in [3.8, 4) is 0 Å². The topological polar surface area (TPSA) is 50.3 Å². The minimum Gasteiger partial charge on any atom is -0.370 e. The van der Waals surface area contributed by atoms with Crippen LogP contribution in [0.1, 0.15) is 49.4 Å². The van der Waals surface area contributed by atoms with Crippen LogP contribution in [0.15, 0.2) is 0 Å². The molecule has 3 aliphatic rings. The number of anilines is 1. The van der Waals surface area contributed by atoms with Crippen molar-refractivity contribution in [1.82, 2.24) is 14.9 Å². The first kappa shape index (κ1) is 13.5. The highest BCUT2D eigenvalue weighted by Crippen LogP contribution is 2.32. The summed E-state index contributed by atoms with van der Waals surface area (Å²) < 4.78 is 6.08. The van der Waals surface area contributed by atoms with E-state index in [9.17, 15) is 0 Å². The van der Waals surface area contributed by atoms with Crippen molar-refractivity contribution in [3.05, 3.63) is 17.1 Å². The van der Waals surface area contributed by atoms with E-state index in [1.165, 1.54) is 37.1 Å². The van der Waals surface area contributed by atoms with Crippen LogP contribution in [-0.2, 0) is 17.6 Å². The predicted octanol–water partition coefficient (Wildman–Crippen LogP) is 1.93. The molecule has 0 radical (unpaired) electrons. The van der Waals surface area contributed by atoms with Crippen LogP contribution in [-0.4, -0.2) is 47.2 Å². The van der Waals surface area contributed by atoms with Gasteiger partial charge in [0.25, 0.3) is 0 Å². The fourth-order valence-electron chi connectivity index (χ4n) is 3.88. The summed E-state index contributed by atoms with van der Waals surface area (Å²) in [5.41, 5.74) is 2.57. The predicted molar refractivity (Wildman–Crippen MR) is 81.5 cm³/mol. The van der Waals surface area contributed by atoms with E-state index in [-0.39, 0.29) is 6.10 Å². The molecule has 2 aliphatic heterocycles. The van der Waals surface area contributed by atoms with Crippen LogP contribution in [0.4, 0.5) is 5.82 Å². The molecule has 0 amide bonds. The van der Waals surface area contributed by atoms with Crippen molar-refractivity contribution < 1.29 is 4.74 Å². The molecule has 4 rings (SSSR count). The summed E-state index contributed by atoms with van der Waals surface area (Å²) in [6.07, 6.45) is 6.02. The number of hydrogen-bond donors (Lipinski definition) is 1. The minimum atomic E-state index is 0.0441. The van der Waals surface area contributed by atoms with Gasteiger partial charge in [0.05, 0.1) is 6.61 Å². The van der Waals surface area contributed by atoms with Gasteiger partial charge in [0.2, 0.25) is 0 Å². The molecule has 2 atom stereocenters. The molecule has 0 saturated carbocycles. The second kappa shape index (κ2) is 5.54. The Morgan fingerprint density at radius 2 is 2.24 bits per heavy atom. The quantitative estimate of drug-likeness (QED) is 0.921. The molecule has 2 unspecified atom stereocenters. The molecule has 5 nitrogen and oxygen atoms in total. The normalized spacial score (nSPS) is 28.4. The van der Waals surface area contributed by atoms with Gasteiger partial charge in [0.1, 0.15) is 11.9 Å². The Kier molecular flexibility index (Phi) is 3.55. The molecule has 0 aromatic carbocycles. The largest absolute Gasteiger partial charge is 0.370 e. The molecule has 3 heterocycles. The lowest BCUT2D eigenvalue weighted by molar-refractivity contribution is -0.0541. The number of ether oxygens (including phenoxy) is 1. The Morgan fingerprint density at radius 1 is 1.29 bits per heavy atom. The van der Waals surface area contributed by atoms with E-state index in [1.54, 1.807) is 0 Å². The number of fused-ring (bicyclic) bond motifs is 2. The number of hydrogen-bond acceptors (Lipinski definition) is 5. The molecule has 0 spiro atoms. The van der Waals surface area contributed by atoms with Gasteiger partial charge in [-0.25, -0.2) is 9.97 Å². The zero-order chi connectivity index (χ0) is 14.2. The van der Waals surface area contributed by atoms with Crippen LogP contribution in [0, 0.1) is 0 Å². The van der Waals surface area contributed by atoms with Crippen LogP contribution in [0.25, 0.3) is 0 Å². The van der Waals surface area contributed by atoms with Gasteiger partial charge in [-0.3, -0.25) is 4.90 Å². The SMILES string of the molecule is CCNc1nc(C2CN3CCCC3CO2)nc2c1CCC2. The van der Waals surface area contributed by atoms with E-state index < -0.39 is 0 Å². The Hall–Kier alpha value is -1.20. The number of morpholine rings is 1. The number of aryl methyl sites for hydroxylation is 1. The van der Waals surface area contributed by atoms with Gasteiger partial charge < -0.3 is 10.1 Å². The van der Waals surface area contributed by atoms with E-state index in [0.29, 0.717) is 6.04 Å². The van der Waals surface area contributed by atoms with Crippen molar-refractivity contribution in [2.45, 2.75) is 51.2 Å². The van der Waals surface area contributed by atoms with Gasteiger partial charge >= 0.3 is 0 Å². The van der Waals surface area contributed by atoms with E-state index in [1.807, 2.05) is 0 Å². The average molecular weight is 288 g/mol. The highest BCUT2D eigenvalue weighted by Gasteiger charge is 2.34. The molecule has 5 heteroatoms. The second-order valence-corrected chi connectivity index (χ2v) is 6.35. The summed E-state index contributed by atoms with van der Waals surface area (Å²) >= 11 is 0. The summed E-state index contributed by atoms with van der Waals surface area (Å²) in [5.74, 6) is 1.93. The molecule has 2 saturated heterocycles. The van der Waals surface area contributed by atoms with E-state index in [4.69, 9.17) is 14.7 Å². The Labute approximate surface area is 126 Å². The van der Waals surface area contributed by atoms with E-state index >= 15 is 0 Å². The van der Waals surface area contributed by atoms with Gasteiger partial charge in [-0.1, -0.05) is 0 Å². The summed E-state index contributed by atoms with van der Waals surface area (Å²) in [4.78, 5) is 12.2. The lowest BCUT2D eigenvalue weighted by Gasteiger charge is -2.34. The van der Waals surface area contributed by atoms with Gasteiger partial charge in [0.15, 0.2) is 5.82 Å². The highest BCUT2D eigenvalue weighted by atomic mass is 16.5. The average Bonchev–Trinajstić information content (AvgIpc) is 3.15. The third kappa shape index (κ3) is 2.42. The first-order valence-corrected chi connectivity index (χ1v) is 8.34. The van der Waals surface area contributed by atoms with Gasteiger partial charge in [-0.2, -0.15) is 0 Å². The summed E-state index contributed by atoms with van der Waals surface area (Å²) in [7, 11) is 0. The molecule has 21 heavy (non-hydrogen) atoms. The van der Waals surface area contributed by atoms with Gasteiger partial charge in [-0.05, 0) is 45.6 Å². The molecule has 2 fully saturated rings. The first-order valence-electron chi connectivity index (χ1n) is 8.34. The summed E-state index contributed by atoms with van der Waals surface area (Å²) in [5, 5.41) is 3.41. The fraction of sp³-hybridized carbons (Fsp3) is 0.750. The zero-order valence-corrected chi connectivity index (χ0v) is 12.8. The van der Waals surface area contributed by atoms with Crippen LogP contribution in [0.5, 0.6) is 0 Å². The van der Waals surface area contributed by atoms with Crippen molar-refractivity contribution in [2.24, 2.45) is 0 Å². The molecule has 114 valence electrons. The molecule has 1 aromatic rings. The lowest BCUT2D eigenvalue weighted by atomic mass is 10.1. The second-order valence-electron chi connectivity index (χ2n) is 6.35. The molecular weight excluding hydrogens is 264 g/mol. The Morgan fingerprint density at radius 3 is 3.14 bits per heavy atom. The molecule has 1 aliphatic carbocycles. The monoisotopic (exact) mass is 288 g/mol. The zero-order valence-electron chi connectivity index (χ0n) is 12.8. The van der Waals surface area contributed by atoms with Crippen molar-refractivity contribution >= 4 is 5.82 Å². The maximum absolute atomic E-state index is 6.08. The molecule has 1 aromatic heterocycles.